The third kappa shape index (κ3) is 6.50. The summed E-state index contributed by atoms with van der Waals surface area (Å²) in [6.45, 7) is 9.45. The summed E-state index contributed by atoms with van der Waals surface area (Å²) < 4.78 is 5.16. The van der Waals surface area contributed by atoms with Crippen LogP contribution in [-0.4, -0.2) is 43.2 Å². The Labute approximate surface area is 144 Å². The Balaban J connectivity index is 0.00000400. The molecule has 0 spiro atoms. The molecule has 0 aliphatic carbocycles. The average molecular weight is 406 g/mol. The van der Waals surface area contributed by atoms with Gasteiger partial charge in [-0.3, -0.25) is 4.99 Å². The van der Waals surface area contributed by atoms with E-state index in [0.29, 0.717) is 0 Å². The van der Waals surface area contributed by atoms with Gasteiger partial charge in [-0.15, -0.1) is 30.6 Å². The molecule has 1 aromatic rings. The number of aryl methyl sites for hydroxylation is 2. The summed E-state index contributed by atoms with van der Waals surface area (Å²) in [4.78, 5) is 6.43. The van der Waals surface area contributed by atoms with Gasteiger partial charge in [0.05, 0.1) is 5.69 Å². The molecule has 0 fully saturated rings. The highest BCUT2D eigenvalue weighted by atomic mass is 127. The van der Waals surface area contributed by atoms with Crippen molar-refractivity contribution in [3.8, 4) is 0 Å². The fraction of sp³-hybridized carbons (Fsp3) is 0.600. The number of aliphatic imine (C=N–C) groups is 1. The van der Waals surface area contributed by atoms with E-state index < -0.39 is 0 Å². The standard InChI is InChI=1S/C15H26N4O.HI/c1-6-7-8-11-19(5)15(16-4)17-10-9-14-12(2)18-20-13(14)3;/h6H,1,7-11H2,2-5H3,(H,16,17);1H. The zero-order chi connectivity index (χ0) is 15.0. The molecule has 1 aromatic heterocycles. The molecule has 0 bridgehead atoms. The van der Waals surface area contributed by atoms with Crippen LogP contribution in [0.2, 0.25) is 0 Å². The number of guanidine groups is 1. The molecule has 21 heavy (non-hydrogen) atoms. The van der Waals surface area contributed by atoms with E-state index in [1.165, 1.54) is 5.56 Å². The summed E-state index contributed by atoms with van der Waals surface area (Å²) >= 11 is 0. The lowest BCUT2D eigenvalue weighted by atomic mass is 10.1. The maximum atomic E-state index is 5.16. The van der Waals surface area contributed by atoms with Crippen molar-refractivity contribution in [1.29, 1.82) is 0 Å². The largest absolute Gasteiger partial charge is 0.361 e. The smallest absolute Gasteiger partial charge is 0.193 e. The molecule has 1 N–H and O–H groups in total. The number of hydrogen-bond donors (Lipinski definition) is 1. The van der Waals surface area contributed by atoms with Gasteiger partial charge in [-0.1, -0.05) is 11.2 Å². The minimum atomic E-state index is 0. The molecule has 0 aliphatic heterocycles. The van der Waals surface area contributed by atoms with Gasteiger partial charge >= 0.3 is 0 Å². The van der Waals surface area contributed by atoms with Crippen molar-refractivity contribution in [2.24, 2.45) is 4.99 Å². The summed E-state index contributed by atoms with van der Waals surface area (Å²) in [5.74, 6) is 1.82. The normalized spacial score (nSPS) is 11.0. The number of unbranched alkanes of at least 4 members (excludes halogenated alkanes) is 1. The number of nitrogens with one attached hydrogen (secondary N) is 1. The third-order valence-corrected chi connectivity index (χ3v) is 3.31. The zero-order valence-corrected chi connectivity index (χ0v) is 15.8. The van der Waals surface area contributed by atoms with E-state index in [0.717, 1.165) is 49.8 Å². The molecule has 0 aliphatic rings. The van der Waals surface area contributed by atoms with Crippen molar-refractivity contribution in [2.75, 3.05) is 27.2 Å². The van der Waals surface area contributed by atoms with Crippen LogP contribution in [0.5, 0.6) is 0 Å². The lowest BCUT2D eigenvalue weighted by Crippen LogP contribution is -2.40. The first kappa shape index (κ1) is 19.9. The average Bonchev–Trinajstić information content (AvgIpc) is 2.75. The molecular weight excluding hydrogens is 379 g/mol. The Morgan fingerprint density at radius 1 is 1.48 bits per heavy atom. The first-order chi connectivity index (χ1) is 9.60. The molecule has 0 unspecified atom stereocenters. The van der Waals surface area contributed by atoms with Gasteiger partial charge in [-0.05, 0) is 33.1 Å². The molecule has 0 aromatic carbocycles. The van der Waals surface area contributed by atoms with Crippen molar-refractivity contribution in [3.05, 3.63) is 29.7 Å². The number of rotatable bonds is 7. The van der Waals surface area contributed by atoms with Crippen LogP contribution in [0, 0.1) is 13.8 Å². The van der Waals surface area contributed by atoms with Crippen molar-refractivity contribution in [3.63, 3.8) is 0 Å². The molecule has 6 heteroatoms. The van der Waals surface area contributed by atoms with E-state index in [-0.39, 0.29) is 24.0 Å². The molecule has 5 nitrogen and oxygen atoms in total. The number of nitrogens with zero attached hydrogens (tertiary/aromatic N) is 3. The van der Waals surface area contributed by atoms with Crippen molar-refractivity contribution in [1.82, 2.24) is 15.4 Å². The van der Waals surface area contributed by atoms with Gasteiger partial charge in [0.25, 0.3) is 0 Å². The van der Waals surface area contributed by atoms with Gasteiger partial charge in [-0.25, -0.2) is 0 Å². The van der Waals surface area contributed by atoms with Gasteiger partial charge in [0.15, 0.2) is 5.96 Å². The topological polar surface area (TPSA) is 53.7 Å². The summed E-state index contributed by atoms with van der Waals surface area (Å²) in [5.41, 5.74) is 2.15. The lowest BCUT2D eigenvalue weighted by molar-refractivity contribution is 0.392. The number of allylic oxidation sites excluding steroid dienone is 1. The van der Waals surface area contributed by atoms with E-state index in [1.54, 1.807) is 0 Å². The minimum Gasteiger partial charge on any atom is -0.361 e. The highest BCUT2D eigenvalue weighted by molar-refractivity contribution is 14.0. The molecule has 0 saturated carbocycles. The Morgan fingerprint density at radius 2 is 2.19 bits per heavy atom. The second-order valence-corrected chi connectivity index (χ2v) is 4.88. The first-order valence-corrected chi connectivity index (χ1v) is 7.04. The van der Waals surface area contributed by atoms with Crippen LogP contribution in [0.25, 0.3) is 0 Å². The third-order valence-electron chi connectivity index (χ3n) is 3.31. The predicted molar refractivity (Wildman–Crippen MR) is 98.5 cm³/mol. The Hall–Kier alpha value is -1.05. The Kier molecular flexibility index (Phi) is 10.1. The number of halogens is 1. The summed E-state index contributed by atoms with van der Waals surface area (Å²) in [6.07, 6.45) is 4.95. The SMILES string of the molecule is C=CCCCN(C)C(=NC)NCCc1c(C)noc1C.I. The second-order valence-electron chi connectivity index (χ2n) is 4.88. The van der Waals surface area contributed by atoms with Crippen LogP contribution in [0.1, 0.15) is 29.9 Å². The fourth-order valence-electron chi connectivity index (χ4n) is 2.12. The summed E-state index contributed by atoms with van der Waals surface area (Å²) in [7, 11) is 3.86. The van der Waals surface area contributed by atoms with Gasteiger partial charge in [0.1, 0.15) is 5.76 Å². The Bertz CT molecular complexity index is 437. The summed E-state index contributed by atoms with van der Waals surface area (Å²) in [5, 5.41) is 7.34. The molecule has 0 saturated heterocycles. The van der Waals surface area contributed by atoms with Crippen molar-refractivity contribution >= 4 is 29.9 Å². The van der Waals surface area contributed by atoms with E-state index in [4.69, 9.17) is 4.52 Å². The molecule has 0 radical (unpaired) electrons. The molecule has 0 atom stereocenters. The molecule has 120 valence electrons. The zero-order valence-electron chi connectivity index (χ0n) is 13.5. The predicted octanol–water partition coefficient (Wildman–Crippen LogP) is 2.93. The maximum absolute atomic E-state index is 5.16. The van der Waals surface area contributed by atoms with E-state index >= 15 is 0 Å². The number of aromatic nitrogens is 1. The van der Waals surface area contributed by atoms with Crippen LogP contribution in [-0.2, 0) is 6.42 Å². The Morgan fingerprint density at radius 3 is 2.71 bits per heavy atom. The molecule has 0 amide bonds. The lowest BCUT2D eigenvalue weighted by Gasteiger charge is -2.21. The van der Waals surface area contributed by atoms with Gasteiger partial charge in [-0.2, -0.15) is 0 Å². The van der Waals surface area contributed by atoms with E-state index in [9.17, 15) is 0 Å². The highest BCUT2D eigenvalue weighted by Gasteiger charge is 2.09. The first-order valence-electron chi connectivity index (χ1n) is 7.04. The van der Waals surface area contributed by atoms with E-state index in [2.05, 4.69) is 26.9 Å². The quantitative estimate of drug-likeness (QED) is 0.249. The van der Waals surface area contributed by atoms with Crippen LogP contribution in [0.3, 0.4) is 0 Å². The maximum Gasteiger partial charge on any atom is 0.193 e. The monoisotopic (exact) mass is 406 g/mol. The minimum absolute atomic E-state index is 0. The molecule has 1 heterocycles. The summed E-state index contributed by atoms with van der Waals surface area (Å²) in [6, 6.07) is 0. The van der Waals surface area contributed by atoms with Gasteiger partial charge in [0.2, 0.25) is 0 Å². The van der Waals surface area contributed by atoms with Crippen LogP contribution in [0.4, 0.5) is 0 Å². The van der Waals surface area contributed by atoms with Gasteiger partial charge in [0, 0.05) is 32.7 Å². The fourth-order valence-corrected chi connectivity index (χ4v) is 2.12. The van der Waals surface area contributed by atoms with Gasteiger partial charge < -0.3 is 14.7 Å². The van der Waals surface area contributed by atoms with Crippen LogP contribution >= 0.6 is 24.0 Å². The highest BCUT2D eigenvalue weighted by Crippen LogP contribution is 2.12. The van der Waals surface area contributed by atoms with Crippen LogP contribution < -0.4 is 5.32 Å². The number of hydrogen-bond acceptors (Lipinski definition) is 3. The van der Waals surface area contributed by atoms with Crippen molar-refractivity contribution in [2.45, 2.75) is 33.1 Å². The molecular formula is C15H27IN4O. The second kappa shape index (κ2) is 10.6. The van der Waals surface area contributed by atoms with Crippen LogP contribution in [0.15, 0.2) is 22.2 Å². The van der Waals surface area contributed by atoms with E-state index in [1.807, 2.05) is 34.0 Å². The van der Waals surface area contributed by atoms with Crippen molar-refractivity contribution < 1.29 is 4.52 Å². The molecule has 1 rings (SSSR count).